The van der Waals surface area contributed by atoms with E-state index in [0.29, 0.717) is 13.1 Å². The Bertz CT molecular complexity index is 461. The van der Waals surface area contributed by atoms with Gasteiger partial charge in [-0.2, -0.15) is 0 Å². The third-order valence-electron chi connectivity index (χ3n) is 4.06. The molecule has 20 heavy (non-hydrogen) atoms. The summed E-state index contributed by atoms with van der Waals surface area (Å²) < 4.78 is 13.1. The average molecular weight is 301 g/mol. The highest BCUT2D eigenvalue weighted by atomic mass is 35.5. The molecule has 1 aromatic carbocycles. The number of halogens is 2. The van der Waals surface area contributed by atoms with Gasteiger partial charge in [-0.1, -0.05) is 25.0 Å². The summed E-state index contributed by atoms with van der Waals surface area (Å²) in [6.45, 7) is 0.831. The molecule has 0 bridgehead atoms. The van der Waals surface area contributed by atoms with Gasteiger partial charge in [-0.15, -0.1) is 12.4 Å². The number of carbonyl (C=O) groups excluding carboxylic acids is 1. The van der Waals surface area contributed by atoms with Gasteiger partial charge in [-0.3, -0.25) is 4.79 Å². The van der Waals surface area contributed by atoms with Crippen molar-refractivity contribution in [1.82, 2.24) is 4.90 Å². The summed E-state index contributed by atoms with van der Waals surface area (Å²) >= 11 is 0. The minimum atomic E-state index is -0.387. The summed E-state index contributed by atoms with van der Waals surface area (Å²) in [7, 11) is 1.77. The first-order valence-corrected chi connectivity index (χ1v) is 6.77. The van der Waals surface area contributed by atoms with Gasteiger partial charge in [0.2, 0.25) is 5.91 Å². The summed E-state index contributed by atoms with van der Waals surface area (Å²) in [5, 5.41) is 0. The quantitative estimate of drug-likeness (QED) is 0.929. The largest absolute Gasteiger partial charge is 0.341 e. The molecule has 1 amide bonds. The SMILES string of the molecule is CN(Cc1cccc(F)c1)C(=O)C1(CN)CCCC1.Cl. The highest BCUT2D eigenvalue weighted by Crippen LogP contribution is 2.38. The normalized spacial score (nSPS) is 16.6. The fourth-order valence-corrected chi connectivity index (χ4v) is 2.94. The zero-order valence-electron chi connectivity index (χ0n) is 11.8. The first kappa shape index (κ1) is 16.9. The van der Waals surface area contributed by atoms with Crippen LogP contribution in [0, 0.1) is 11.2 Å². The molecule has 0 atom stereocenters. The Morgan fingerprint density at radius 2 is 2.05 bits per heavy atom. The molecule has 0 spiro atoms. The van der Waals surface area contributed by atoms with E-state index in [9.17, 15) is 9.18 Å². The van der Waals surface area contributed by atoms with E-state index in [2.05, 4.69) is 0 Å². The van der Waals surface area contributed by atoms with Crippen LogP contribution in [0.4, 0.5) is 4.39 Å². The van der Waals surface area contributed by atoms with Crippen molar-refractivity contribution < 1.29 is 9.18 Å². The Hall–Kier alpha value is -1.13. The number of hydrogen-bond donors (Lipinski definition) is 1. The molecule has 1 saturated carbocycles. The van der Waals surface area contributed by atoms with Crippen molar-refractivity contribution in [2.75, 3.05) is 13.6 Å². The topological polar surface area (TPSA) is 46.3 Å². The maximum Gasteiger partial charge on any atom is 0.230 e. The fraction of sp³-hybridized carbons (Fsp3) is 0.533. The summed E-state index contributed by atoms with van der Waals surface area (Å²) in [6, 6.07) is 6.37. The van der Waals surface area contributed by atoms with Crippen molar-refractivity contribution in [2.45, 2.75) is 32.2 Å². The van der Waals surface area contributed by atoms with E-state index in [1.54, 1.807) is 18.0 Å². The molecule has 0 heterocycles. The van der Waals surface area contributed by atoms with Gasteiger partial charge in [0.25, 0.3) is 0 Å². The summed E-state index contributed by atoms with van der Waals surface area (Å²) in [5.74, 6) is -0.176. The Labute approximate surface area is 125 Å². The van der Waals surface area contributed by atoms with Crippen LogP contribution in [0.1, 0.15) is 31.2 Å². The third-order valence-corrected chi connectivity index (χ3v) is 4.06. The molecule has 1 fully saturated rings. The standard InChI is InChI=1S/C15H21FN2O.ClH/c1-18(10-12-5-4-6-13(16)9-12)14(19)15(11-17)7-2-3-8-15;/h4-6,9H,2-3,7-8,10-11,17H2,1H3;1H. The van der Waals surface area contributed by atoms with E-state index in [4.69, 9.17) is 5.73 Å². The zero-order chi connectivity index (χ0) is 13.9. The van der Waals surface area contributed by atoms with E-state index in [1.807, 2.05) is 6.07 Å². The predicted molar refractivity (Wildman–Crippen MR) is 80.1 cm³/mol. The number of benzene rings is 1. The zero-order valence-corrected chi connectivity index (χ0v) is 12.6. The first-order chi connectivity index (χ1) is 9.07. The van der Waals surface area contributed by atoms with Crippen molar-refractivity contribution in [2.24, 2.45) is 11.1 Å². The van der Waals surface area contributed by atoms with Gasteiger partial charge in [0, 0.05) is 20.1 Å². The number of nitrogens with two attached hydrogens (primary N) is 1. The highest BCUT2D eigenvalue weighted by molar-refractivity contribution is 5.85. The molecule has 2 rings (SSSR count). The summed E-state index contributed by atoms with van der Waals surface area (Å²) in [4.78, 5) is 14.2. The van der Waals surface area contributed by atoms with Crippen molar-refractivity contribution in [3.05, 3.63) is 35.6 Å². The molecule has 3 nitrogen and oxygen atoms in total. The van der Waals surface area contributed by atoms with Crippen molar-refractivity contribution in [3.8, 4) is 0 Å². The molecule has 0 aliphatic heterocycles. The Morgan fingerprint density at radius 3 is 2.60 bits per heavy atom. The Balaban J connectivity index is 0.00000200. The molecule has 0 radical (unpaired) electrons. The van der Waals surface area contributed by atoms with Crippen molar-refractivity contribution in [1.29, 1.82) is 0 Å². The molecule has 0 aromatic heterocycles. The lowest BCUT2D eigenvalue weighted by Gasteiger charge is -2.31. The maximum atomic E-state index is 13.1. The van der Waals surface area contributed by atoms with Crippen LogP contribution in [0.15, 0.2) is 24.3 Å². The average Bonchev–Trinajstić information content (AvgIpc) is 2.87. The molecular formula is C15H22ClFN2O. The van der Waals surface area contributed by atoms with Gasteiger partial charge in [-0.05, 0) is 30.5 Å². The van der Waals surface area contributed by atoms with E-state index in [1.165, 1.54) is 12.1 Å². The molecule has 5 heteroatoms. The van der Waals surface area contributed by atoms with Crippen molar-refractivity contribution in [3.63, 3.8) is 0 Å². The summed E-state index contributed by atoms with van der Waals surface area (Å²) in [5.41, 5.74) is 6.24. The lowest BCUT2D eigenvalue weighted by Crippen LogP contribution is -2.44. The molecule has 2 N–H and O–H groups in total. The molecule has 0 saturated heterocycles. The van der Waals surface area contributed by atoms with E-state index in [-0.39, 0.29) is 29.5 Å². The summed E-state index contributed by atoms with van der Waals surface area (Å²) in [6.07, 6.45) is 3.87. The minimum Gasteiger partial charge on any atom is -0.341 e. The van der Waals surface area contributed by atoms with E-state index < -0.39 is 0 Å². The number of nitrogens with zero attached hydrogens (tertiary/aromatic N) is 1. The van der Waals surface area contributed by atoms with Crippen LogP contribution in [0.25, 0.3) is 0 Å². The van der Waals surface area contributed by atoms with Gasteiger partial charge < -0.3 is 10.6 Å². The second-order valence-corrected chi connectivity index (χ2v) is 5.48. The second-order valence-electron chi connectivity index (χ2n) is 5.48. The predicted octanol–water partition coefficient (Wildman–Crippen LogP) is 2.73. The van der Waals surface area contributed by atoms with Crippen molar-refractivity contribution >= 4 is 18.3 Å². The van der Waals surface area contributed by atoms with E-state index in [0.717, 1.165) is 31.2 Å². The van der Waals surface area contributed by atoms with Crippen LogP contribution < -0.4 is 5.73 Å². The van der Waals surface area contributed by atoms with Gasteiger partial charge in [-0.25, -0.2) is 4.39 Å². The number of carbonyl (C=O) groups is 1. The maximum absolute atomic E-state index is 13.1. The van der Waals surface area contributed by atoms with Crippen LogP contribution in [0.5, 0.6) is 0 Å². The number of rotatable bonds is 4. The Kier molecular flexibility index (Phi) is 5.96. The first-order valence-electron chi connectivity index (χ1n) is 6.77. The fourth-order valence-electron chi connectivity index (χ4n) is 2.94. The molecule has 1 aromatic rings. The number of hydrogen-bond acceptors (Lipinski definition) is 2. The molecule has 0 unspecified atom stereocenters. The van der Waals surface area contributed by atoms with Crippen LogP contribution in [-0.2, 0) is 11.3 Å². The van der Waals surface area contributed by atoms with Gasteiger partial charge in [0.1, 0.15) is 5.82 Å². The van der Waals surface area contributed by atoms with Gasteiger partial charge >= 0.3 is 0 Å². The highest BCUT2D eigenvalue weighted by Gasteiger charge is 2.41. The molecular weight excluding hydrogens is 279 g/mol. The molecule has 1 aliphatic rings. The number of amides is 1. The van der Waals surface area contributed by atoms with Crippen LogP contribution in [0.2, 0.25) is 0 Å². The van der Waals surface area contributed by atoms with Gasteiger partial charge in [0.05, 0.1) is 5.41 Å². The molecule has 112 valence electrons. The second kappa shape index (κ2) is 7.04. The lowest BCUT2D eigenvalue weighted by atomic mass is 9.84. The lowest BCUT2D eigenvalue weighted by molar-refractivity contribution is -0.140. The van der Waals surface area contributed by atoms with Crippen LogP contribution in [-0.4, -0.2) is 24.4 Å². The Morgan fingerprint density at radius 1 is 1.40 bits per heavy atom. The minimum absolute atomic E-state index is 0. The van der Waals surface area contributed by atoms with Gasteiger partial charge in [0.15, 0.2) is 0 Å². The van der Waals surface area contributed by atoms with Crippen LogP contribution in [0.3, 0.4) is 0 Å². The monoisotopic (exact) mass is 300 g/mol. The van der Waals surface area contributed by atoms with Crippen LogP contribution >= 0.6 is 12.4 Å². The van der Waals surface area contributed by atoms with E-state index >= 15 is 0 Å². The smallest absolute Gasteiger partial charge is 0.230 e. The third kappa shape index (κ3) is 3.49. The molecule has 1 aliphatic carbocycles.